The number of carbonyl (C=O) groups is 1. The van der Waals surface area contributed by atoms with E-state index in [-0.39, 0.29) is 11.7 Å². The van der Waals surface area contributed by atoms with Gasteiger partial charge in [0.2, 0.25) is 0 Å². The fourth-order valence-corrected chi connectivity index (χ4v) is 2.43. The molecule has 2 rings (SSSR count). The molecule has 3 heteroatoms. The van der Waals surface area contributed by atoms with Crippen molar-refractivity contribution < 1.29 is 4.79 Å². The average Bonchev–Trinajstić information content (AvgIpc) is 2.56. The Hall–Kier alpha value is -1.12. The van der Waals surface area contributed by atoms with Gasteiger partial charge in [0.1, 0.15) is 5.69 Å². The van der Waals surface area contributed by atoms with Gasteiger partial charge in [-0.25, -0.2) is 0 Å². The summed E-state index contributed by atoms with van der Waals surface area (Å²) in [7, 11) is 1.93. The third-order valence-electron chi connectivity index (χ3n) is 3.37. The molecule has 16 heavy (non-hydrogen) atoms. The fourth-order valence-electron chi connectivity index (χ4n) is 2.43. The highest BCUT2D eigenvalue weighted by Gasteiger charge is 2.22. The van der Waals surface area contributed by atoms with Crippen LogP contribution in [-0.4, -0.2) is 18.6 Å². The standard InChI is InChI=1S/C13H18BNO/c14-12-9-5-8-11(15-12)13(16)10-6-3-1-2-4-7-10/h5,8-10H,1-4,6-7,14H2. The van der Waals surface area contributed by atoms with Crippen molar-refractivity contribution in [2.75, 3.05) is 0 Å². The summed E-state index contributed by atoms with van der Waals surface area (Å²) in [6.45, 7) is 0. The van der Waals surface area contributed by atoms with Gasteiger partial charge in [-0.2, -0.15) is 0 Å². The molecule has 1 fully saturated rings. The summed E-state index contributed by atoms with van der Waals surface area (Å²) < 4.78 is 0. The molecule has 1 heterocycles. The molecule has 1 aliphatic carbocycles. The summed E-state index contributed by atoms with van der Waals surface area (Å²) >= 11 is 0. The quantitative estimate of drug-likeness (QED) is 0.425. The lowest BCUT2D eigenvalue weighted by Crippen LogP contribution is -2.19. The molecule has 1 aromatic rings. The van der Waals surface area contributed by atoms with Gasteiger partial charge in [0.05, 0.1) is 0 Å². The van der Waals surface area contributed by atoms with Crippen LogP contribution in [0.2, 0.25) is 0 Å². The molecule has 1 saturated carbocycles. The lowest BCUT2D eigenvalue weighted by atomic mass is 9.92. The SMILES string of the molecule is Bc1cccc(C(=O)C2CCCCCC2)n1. The predicted octanol–water partition coefficient (Wildman–Crippen LogP) is 1.49. The molecule has 0 bridgehead atoms. The van der Waals surface area contributed by atoms with Gasteiger partial charge in [-0.3, -0.25) is 9.78 Å². The molecule has 0 N–H and O–H groups in total. The Morgan fingerprint density at radius 3 is 2.50 bits per heavy atom. The van der Waals surface area contributed by atoms with Crippen molar-refractivity contribution >= 4 is 19.2 Å². The zero-order valence-electron chi connectivity index (χ0n) is 9.91. The maximum absolute atomic E-state index is 12.2. The Bertz CT molecular complexity index is 370. The van der Waals surface area contributed by atoms with Crippen molar-refractivity contribution in [1.82, 2.24) is 4.98 Å². The smallest absolute Gasteiger partial charge is 0.184 e. The van der Waals surface area contributed by atoms with E-state index in [1.807, 2.05) is 26.0 Å². The van der Waals surface area contributed by atoms with Gasteiger partial charge in [0, 0.05) is 5.92 Å². The van der Waals surface area contributed by atoms with E-state index in [1.165, 1.54) is 25.7 Å². The van der Waals surface area contributed by atoms with Crippen LogP contribution in [0.1, 0.15) is 49.0 Å². The topological polar surface area (TPSA) is 30.0 Å². The van der Waals surface area contributed by atoms with Gasteiger partial charge < -0.3 is 0 Å². The summed E-state index contributed by atoms with van der Waals surface area (Å²) in [6, 6.07) is 5.70. The lowest BCUT2D eigenvalue weighted by Gasteiger charge is -2.12. The Balaban J connectivity index is 2.11. The van der Waals surface area contributed by atoms with Crippen molar-refractivity contribution in [3.63, 3.8) is 0 Å². The molecular weight excluding hydrogens is 197 g/mol. The first kappa shape index (κ1) is 11.4. The van der Waals surface area contributed by atoms with E-state index in [1.54, 1.807) is 0 Å². The Morgan fingerprint density at radius 1 is 1.19 bits per heavy atom. The molecule has 1 aromatic heterocycles. The monoisotopic (exact) mass is 215 g/mol. The summed E-state index contributed by atoms with van der Waals surface area (Å²) in [5.74, 6) is 0.474. The Kier molecular flexibility index (Phi) is 3.76. The van der Waals surface area contributed by atoms with Crippen LogP contribution in [0.3, 0.4) is 0 Å². The Morgan fingerprint density at radius 2 is 1.88 bits per heavy atom. The number of pyridine rings is 1. The number of aromatic nitrogens is 1. The normalized spacial score (nSPS) is 18.0. The average molecular weight is 215 g/mol. The molecule has 0 atom stereocenters. The second kappa shape index (κ2) is 5.28. The van der Waals surface area contributed by atoms with Crippen LogP contribution in [0, 0.1) is 5.92 Å². The predicted molar refractivity (Wildman–Crippen MR) is 67.9 cm³/mol. The van der Waals surface area contributed by atoms with Gasteiger partial charge in [-0.15, -0.1) is 0 Å². The van der Waals surface area contributed by atoms with E-state index < -0.39 is 0 Å². The minimum Gasteiger partial charge on any atom is -0.292 e. The van der Waals surface area contributed by atoms with E-state index >= 15 is 0 Å². The molecule has 84 valence electrons. The maximum atomic E-state index is 12.2. The number of nitrogens with zero attached hydrogens (tertiary/aromatic N) is 1. The van der Waals surface area contributed by atoms with Crippen molar-refractivity contribution in [2.45, 2.75) is 38.5 Å². The fraction of sp³-hybridized carbons (Fsp3) is 0.538. The highest BCUT2D eigenvalue weighted by Crippen LogP contribution is 2.25. The molecule has 0 aliphatic heterocycles. The van der Waals surface area contributed by atoms with Crippen LogP contribution in [0.15, 0.2) is 18.2 Å². The zero-order valence-corrected chi connectivity index (χ0v) is 9.91. The van der Waals surface area contributed by atoms with Gasteiger partial charge >= 0.3 is 0 Å². The number of Topliss-reactive ketones (excluding diaryl/α,β-unsaturated/α-hetero) is 1. The van der Waals surface area contributed by atoms with Crippen LogP contribution < -0.4 is 5.59 Å². The van der Waals surface area contributed by atoms with E-state index in [4.69, 9.17) is 0 Å². The number of ketones is 1. The highest BCUT2D eigenvalue weighted by molar-refractivity contribution is 6.30. The van der Waals surface area contributed by atoms with Crippen molar-refractivity contribution in [3.8, 4) is 0 Å². The zero-order chi connectivity index (χ0) is 11.4. The molecule has 0 radical (unpaired) electrons. The number of hydrogen-bond acceptors (Lipinski definition) is 2. The summed E-state index contributed by atoms with van der Waals surface area (Å²) in [5.41, 5.74) is 1.59. The molecular formula is C13H18BNO. The first-order valence-corrected chi connectivity index (χ1v) is 6.25. The van der Waals surface area contributed by atoms with Crippen molar-refractivity contribution in [1.29, 1.82) is 0 Å². The summed E-state index contributed by atoms with van der Waals surface area (Å²) in [4.78, 5) is 16.6. The Labute approximate surface area is 97.9 Å². The van der Waals surface area contributed by atoms with Gasteiger partial charge in [-0.05, 0) is 24.5 Å². The van der Waals surface area contributed by atoms with Crippen LogP contribution >= 0.6 is 0 Å². The van der Waals surface area contributed by atoms with E-state index in [0.717, 1.165) is 18.4 Å². The van der Waals surface area contributed by atoms with Gasteiger partial charge in [-0.1, -0.05) is 37.8 Å². The highest BCUT2D eigenvalue weighted by atomic mass is 16.1. The molecule has 0 amide bonds. The number of rotatable bonds is 2. The van der Waals surface area contributed by atoms with Crippen molar-refractivity contribution in [3.05, 3.63) is 23.9 Å². The maximum Gasteiger partial charge on any atom is 0.184 e. The first-order chi connectivity index (χ1) is 7.77. The minimum absolute atomic E-state index is 0.219. The third kappa shape index (κ3) is 2.72. The minimum atomic E-state index is 0.219. The van der Waals surface area contributed by atoms with Crippen LogP contribution in [0.4, 0.5) is 0 Å². The number of hydrogen-bond donors (Lipinski definition) is 0. The van der Waals surface area contributed by atoms with Crippen LogP contribution in [0.25, 0.3) is 0 Å². The summed E-state index contributed by atoms with van der Waals surface area (Å²) in [6.07, 6.45) is 7.06. The van der Waals surface area contributed by atoms with Crippen molar-refractivity contribution in [2.24, 2.45) is 5.92 Å². The molecule has 1 aliphatic rings. The molecule has 0 aromatic carbocycles. The molecule has 0 spiro atoms. The van der Waals surface area contributed by atoms with Gasteiger partial charge in [0.15, 0.2) is 13.6 Å². The van der Waals surface area contributed by atoms with Crippen LogP contribution in [-0.2, 0) is 0 Å². The van der Waals surface area contributed by atoms with Crippen LogP contribution in [0.5, 0.6) is 0 Å². The molecule has 0 unspecified atom stereocenters. The lowest BCUT2D eigenvalue weighted by molar-refractivity contribution is 0.0903. The largest absolute Gasteiger partial charge is 0.292 e. The van der Waals surface area contributed by atoms with E-state index in [2.05, 4.69) is 4.98 Å². The third-order valence-corrected chi connectivity index (χ3v) is 3.37. The second-order valence-corrected chi connectivity index (χ2v) is 4.72. The van der Waals surface area contributed by atoms with Gasteiger partial charge in [0.25, 0.3) is 0 Å². The second-order valence-electron chi connectivity index (χ2n) is 4.72. The number of carbonyl (C=O) groups excluding carboxylic acids is 1. The summed E-state index contributed by atoms with van der Waals surface area (Å²) in [5, 5.41) is 0. The van der Waals surface area contributed by atoms with E-state index in [0.29, 0.717) is 5.69 Å². The molecule has 0 saturated heterocycles. The van der Waals surface area contributed by atoms with E-state index in [9.17, 15) is 4.79 Å². The molecule has 2 nitrogen and oxygen atoms in total. The first-order valence-electron chi connectivity index (χ1n) is 6.25.